The number of aryl methyl sites for hydroxylation is 1. The Morgan fingerprint density at radius 2 is 2.31 bits per heavy atom. The molecule has 2 rings (SSSR count). The van der Waals surface area contributed by atoms with Crippen LogP contribution in [0.15, 0.2) is 18.2 Å². The van der Waals surface area contributed by atoms with Crippen LogP contribution in [0.4, 0.5) is 5.13 Å². The molecule has 0 fully saturated rings. The summed E-state index contributed by atoms with van der Waals surface area (Å²) in [5.74, 6) is 0. The van der Waals surface area contributed by atoms with Crippen molar-refractivity contribution >= 4 is 26.7 Å². The van der Waals surface area contributed by atoms with E-state index in [9.17, 15) is 0 Å². The number of ether oxygens (including phenoxy) is 1. The van der Waals surface area contributed by atoms with E-state index in [0.29, 0.717) is 6.61 Å². The van der Waals surface area contributed by atoms with Crippen molar-refractivity contribution in [3.63, 3.8) is 0 Å². The van der Waals surface area contributed by atoms with Gasteiger partial charge in [-0.15, -0.1) is 0 Å². The monoisotopic (exact) mass is 236 g/mol. The first-order valence-corrected chi connectivity index (χ1v) is 6.13. The number of aromatic nitrogens is 1. The van der Waals surface area contributed by atoms with Crippen molar-refractivity contribution in [3.8, 4) is 0 Å². The molecule has 3 nitrogen and oxygen atoms in total. The molecule has 1 atom stereocenters. The molecule has 1 aromatic heterocycles. The normalized spacial score (nSPS) is 12.9. The predicted molar refractivity (Wildman–Crippen MR) is 69.3 cm³/mol. The van der Waals surface area contributed by atoms with Gasteiger partial charge < -0.3 is 10.1 Å². The van der Waals surface area contributed by atoms with Gasteiger partial charge in [-0.25, -0.2) is 4.98 Å². The molecule has 0 aliphatic heterocycles. The summed E-state index contributed by atoms with van der Waals surface area (Å²) >= 11 is 1.69. The number of methoxy groups -OCH3 is 1. The van der Waals surface area contributed by atoms with Gasteiger partial charge in [0.05, 0.1) is 16.8 Å². The van der Waals surface area contributed by atoms with Gasteiger partial charge in [0.25, 0.3) is 0 Å². The summed E-state index contributed by atoms with van der Waals surface area (Å²) in [5.41, 5.74) is 2.33. The van der Waals surface area contributed by atoms with E-state index in [1.165, 1.54) is 10.3 Å². The first-order chi connectivity index (χ1) is 7.69. The molecule has 1 N–H and O–H groups in total. The Kier molecular flexibility index (Phi) is 3.41. The zero-order chi connectivity index (χ0) is 11.5. The van der Waals surface area contributed by atoms with Crippen LogP contribution in [0.3, 0.4) is 0 Å². The lowest BCUT2D eigenvalue weighted by Crippen LogP contribution is -2.20. The minimum Gasteiger partial charge on any atom is -0.383 e. The van der Waals surface area contributed by atoms with Crippen LogP contribution in [-0.2, 0) is 4.74 Å². The molecule has 86 valence electrons. The van der Waals surface area contributed by atoms with E-state index < -0.39 is 0 Å². The third kappa shape index (κ3) is 2.51. The van der Waals surface area contributed by atoms with Crippen LogP contribution in [0.25, 0.3) is 10.2 Å². The van der Waals surface area contributed by atoms with Gasteiger partial charge in [-0.1, -0.05) is 17.4 Å². The lowest BCUT2D eigenvalue weighted by molar-refractivity contribution is 0.190. The highest BCUT2D eigenvalue weighted by Crippen LogP contribution is 2.26. The molecule has 0 radical (unpaired) electrons. The quantitative estimate of drug-likeness (QED) is 0.886. The highest BCUT2D eigenvalue weighted by molar-refractivity contribution is 7.22. The lowest BCUT2D eigenvalue weighted by atomic mass is 10.2. The van der Waals surface area contributed by atoms with E-state index in [0.717, 1.165) is 10.6 Å². The van der Waals surface area contributed by atoms with Crippen LogP contribution in [0, 0.1) is 6.92 Å². The van der Waals surface area contributed by atoms with Gasteiger partial charge in [0.1, 0.15) is 0 Å². The Balaban J connectivity index is 2.19. The topological polar surface area (TPSA) is 34.1 Å². The van der Waals surface area contributed by atoms with Crippen molar-refractivity contribution in [2.45, 2.75) is 19.9 Å². The fourth-order valence-corrected chi connectivity index (χ4v) is 2.67. The van der Waals surface area contributed by atoms with Gasteiger partial charge in [0.15, 0.2) is 5.13 Å². The summed E-state index contributed by atoms with van der Waals surface area (Å²) in [6.07, 6.45) is 0. The summed E-state index contributed by atoms with van der Waals surface area (Å²) in [4.78, 5) is 4.53. The number of anilines is 1. The predicted octanol–water partition coefficient (Wildman–Crippen LogP) is 3.05. The van der Waals surface area contributed by atoms with E-state index in [1.54, 1.807) is 18.4 Å². The molecule has 0 amide bonds. The van der Waals surface area contributed by atoms with Crippen LogP contribution in [0.5, 0.6) is 0 Å². The van der Waals surface area contributed by atoms with Crippen LogP contribution >= 0.6 is 11.3 Å². The molecule has 0 saturated heterocycles. The smallest absolute Gasteiger partial charge is 0.184 e. The maximum absolute atomic E-state index is 5.08. The van der Waals surface area contributed by atoms with Gasteiger partial charge in [-0.05, 0) is 31.5 Å². The fourth-order valence-electron chi connectivity index (χ4n) is 1.60. The first-order valence-electron chi connectivity index (χ1n) is 5.31. The van der Waals surface area contributed by atoms with Crippen molar-refractivity contribution in [3.05, 3.63) is 23.8 Å². The zero-order valence-electron chi connectivity index (χ0n) is 9.78. The average Bonchev–Trinajstić information content (AvgIpc) is 2.59. The van der Waals surface area contributed by atoms with Crippen molar-refractivity contribution in [1.82, 2.24) is 4.98 Å². The van der Waals surface area contributed by atoms with Gasteiger partial charge in [-0.3, -0.25) is 0 Å². The van der Waals surface area contributed by atoms with E-state index >= 15 is 0 Å². The molecule has 0 aliphatic carbocycles. The summed E-state index contributed by atoms with van der Waals surface area (Å²) in [7, 11) is 1.71. The molecule has 1 unspecified atom stereocenters. The van der Waals surface area contributed by atoms with E-state index in [4.69, 9.17) is 4.74 Å². The number of benzene rings is 1. The first kappa shape index (κ1) is 11.4. The highest BCUT2D eigenvalue weighted by Gasteiger charge is 2.06. The number of thiazole rings is 1. The van der Waals surface area contributed by atoms with Gasteiger partial charge in [0.2, 0.25) is 0 Å². The number of hydrogen-bond acceptors (Lipinski definition) is 4. The minimum absolute atomic E-state index is 0.284. The molecule has 16 heavy (non-hydrogen) atoms. The largest absolute Gasteiger partial charge is 0.383 e. The van der Waals surface area contributed by atoms with Crippen molar-refractivity contribution in [1.29, 1.82) is 0 Å². The number of fused-ring (bicyclic) bond motifs is 1. The third-order valence-electron chi connectivity index (χ3n) is 2.33. The number of hydrogen-bond donors (Lipinski definition) is 1. The Labute approximate surface area is 99.5 Å². The van der Waals surface area contributed by atoms with E-state index in [-0.39, 0.29) is 6.04 Å². The van der Waals surface area contributed by atoms with Crippen LogP contribution in [-0.4, -0.2) is 24.7 Å². The Morgan fingerprint density at radius 1 is 1.50 bits per heavy atom. The second-order valence-corrected chi connectivity index (χ2v) is 5.02. The van der Waals surface area contributed by atoms with Gasteiger partial charge in [-0.2, -0.15) is 0 Å². The van der Waals surface area contributed by atoms with Crippen LogP contribution in [0.1, 0.15) is 12.5 Å². The molecule has 0 saturated carbocycles. The Morgan fingerprint density at radius 3 is 3.06 bits per heavy atom. The fraction of sp³-hybridized carbons (Fsp3) is 0.417. The standard InChI is InChI=1S/C12H16N2OS/c1-8-4-5-10-11(6-8)16-12(14-10)13-9(2)7-15-3/h4-6,9H,7H2,1-3H3,(H,13,14). The Bertz CT molecular complexity index is 481. The number of rotatable bonds is 4. The van der Waals surface area contributed by atoms with Crippen molar-refractivity contribution < 1.29 is 4.74 Å². The van der Waals surface area contributed by atoms with E-state index in [2.05, 4.69) is 42.3 Å². The number of nitrogens with zero attached hydrogens (tertiary/aromatic N) is 1. The lowest BCUT2D eigenvalue weighted by Gasteiger charge is -2.10. The third-order valence-corrected chi connectivity index (χ3v) is 3.28. The Hall–Kier alpha value is -1.13. The second kappa shape index (κ2) is 4.80. The molecule has 0 spiro atoms. The maximum Gasteiger partial charge on any atom is 0.184 e. The molecule has 1 aromatic carbocycles. The summed E-state index contributed by atoms with van der Waals surface area (Å²) in [6.45, 7) is 4.87. The average molecular weight is 236 g/mol. The van der Waals surface area contributed by atoms with E-state index in [1.807, 2.05) is 0 Å². The summed E-state index contributed by atoms with van der Waals surface area (Å²) in [5, 5.41) is 4.30. The second-order valence-electron chi connectivity index (χ2n) is 3.99. The molecule has 0 bridgehead atoms. The van der Waals surface area contributed by atoms with Crippen LogP contribution in [0.2, 0.25) is 0 Å². The summed E-state index contributed by atoms with van der Waals surface area (Å²) < 4.78 is 6.31. The van der Waals surface area contributed by atoms with Crippen molar-refractivity contribution in [2.24, 2.45) is 0 Å². The maximum atomic E-state index is 5.08. The van der Waals surface area contributed by atoms with Gasteiger partial charge >= 0.3 is 0 Å². The summed E-state index contributed by atoms with van der Waals surface area (Å²) in [6, 6.07) is 6.60. The minimum atomic E-state index is 0.284. The molecule has 2 aromatic rings. The molecular weight excluding hydrogens is 220 g/mol. The molecule has 0 aliphatic rings. The SMILES string of the molecule is COCC(C)Nc1nc2ccc(C)cc2s1. The number of nitrogens with one attached hydrogen (secondary N) is 1. The zero-order valence-corrected chi connectivity index (χ0v) is 10.6. The molecule has 4 heteroatoms. The van der Waals surface area contributed by atoms with Crippen molar-refractivity contribution in [2.75, 3.05) is 19.0 Å². The van der Waals surface area contributed by atoms with Gasteiger partial charge in [0, 0.05) is 13.2 Å². The molecular formula is C12H16N2OS. The van der Waals surface area contributed by atoms with Crippen LogP contribution < -0.4 is 5.32 Å². The molecule has 1 heterocycles. The highest BCUT2D eigenvalue weighted by atomic mass is 32.1.